The van der Waals surface area contributed by atoms with Crippen molar-refractivity contribution in [1.29, 1.82) is 0 Å². The van der Waals surface area contributed by atoms with Crippen molar-refractivity contribution in [1.82, 2.24) is 0 Å². The largest absolute Gasteiger partial charge is 0.318 e. The van der Waals surface area contributed by atoms with Crippen LogP contribution in [0.3, 0.4) is 0 Å². The number of para-hydroxylation sites is 1. The van der Waals surface area contributed by atoms with E-state index in [2.05, 4.69) is 26.1 Å². The predicted molar refractivity (Wildman–Crippen MR) is 88.8 cm³/mol. The number of hydrogen-bond donors (Lipinski definition) is 2. The lowest BCUT2D eigenvalue weighted by Crippen LogP contribution is -2.29. The van der Waals surface area contributed by atoms with Crippen LogP contribution in [0.5, 0.6) is 0 Å². The Morgan fingerprint density at radius 1 is 0.833 bits per heavy atom. The normalized spacial score (nSPS) is 11.0. The topological polar surface area (TPSA) is 58.2 Å². The van der Waals surface area contributed by atoms with Crippen molar-refractivity contribution in [2.45, 2.75) is 26.2 Å². The Bertz CT molecular complexity index is 745. The average Bonchev–Trinajstić information content (AvgIpc) is 2.50. The van der Waals surface area contributed by atoms with E-state index in [1.54, 1.807) is 12.1 Å². The van der Waals surface area contributed by atoms with Crippen molar-refractivity contribution in [2.24, 2.45) is 0 Å². The average molecular weight is 332 g/mol. The van der Waals surface area contributed by atoms with Gasteiger partial charge in [0.05, 0.1) is 0 Å². The zero-order valence-corrected chi connectivity index (χ0v) is 13.6. The fourth-order valence-electron chi connectivity index (χ4n) is 2.03. The second-order valence-electron chi connectivity index (χ2n) is 6.33. The minimum atomic E-state index is -1.15. The van der Waals surface area contributed by atoms with Gasteiger partial charge in [0.25, 0.3) is 0 Å². The molecule has 2 amide bonds. The summed E-state index contributed by atoms with van der Waals surface area (Å²) in [6, 6.07) is 10.1. The summed E-state index contributed by atoms with van der Waals surface area (Å²) in [7, 11) is 0. The molecule has 126 valence electrons. The molecule has 2 N–H and O–H groups in total. The van der Waals surface area contributed by atoms with Crippen LogP contribution in [0.4, 0.5) is 20.2 Å². The molecule has 0 saturated heterocycles. The van der Waals surface area contributed by atoms with E-state index >= 15 is 0 Å². The van der Waals surface area contributed by atoms with E-state index in [0.717, 1.165) is 23.8 Å². The van der Waals surface area contributed by atoms with E-state index in [-0.39, 0.29) is 5.41 Å². The summed E-state index contributed by atoms with van der Waals surface area (Å²) < 4.78 is 26.9. The quantitative estimate of drug-likeness (QED) is 0.821. The molecule has 0 atom stereocenters. The summed E-state index contributed by atoms with van der Waals surface area (Å²) in [6.07, 6.45) is 0. The van der Waals surface area contributed by atoms with Gasteiger partial charge in [0.1, 0.15) is 17.3 Å². The molecule has 0 radical (unpaired) electrons. The molecule has 0 unspecified atom stereocenters. The number of anilines is 2. The van der Waals surface area contributed by atoms with Crippen LogP contribution in [0, 0.1) is 11.6 Å². The highest BCUT2D eigenvalue weighted by molar-refractivity contribution is 6.43. The summed E-state index contributed by atoms with van der Waals surface area (Å²) in [4.78, 5) is 23.6. The van der Waals surface area contributed by atoms with Gasteiger partial charge in [0, 0.05) is 5.69 Å². The number of carbonyl (C=O) groups excluding carboxylic acids is 2. The first-order valence-corrected chi connectivity index (χ1v) is 7.35. The Labute approximate surface area is 138 Å². The molecule has 0 bridgehead atoms. The van der Waals surface area contributed by atoms with Gasteiger partial charge in [-0.05, 0) is 35.2 Å². The maximum atomic E-state index is 13.5. The van der Waals surface area contributed by atoms with Gasteiger partial charge in [0.2, 0.25) is 0 Å². The zero-order chi connectivity index (χ0) is 17.9. The third-order valence-electron chi connectivity index (χ3n) is 3.42. The molecule has 0 aliphatic rings. The standard InChI is InChI=1S/C18H18F2N2O2/c1-18(2,3)11-7-9-12(10-8-11)21-16(23)17(24)22-15-13(19)5-4-6-14(15)20/h4-10H,1-3H3,(H,21,23)(H,22,24). The molecule has 0 spiro atoms. The van der Waals surface area contributed by atoms with Crippen LogP contribution in [0.2, 0.25) is 0 Å². The van der Waals surface area contributed by atoms with Crippen LogP contribution in [0.25, 0.3) is 0 Å². The Kier molecular flexibility index (Phi) is 4.97. The molecule has 6 heteroatoms. The zero-order valence-electron chi connectivity index (χ0n) is 13.6. The second kappa shape index (κ2) is 6.78. The molecule has 0 heterocycles. The van der Waals surface area contributed by atoms with E-state index in [0.29, 0.717) is 5.69 Å². The number of rotatable bonds is 2. The maximum Gasteiger partial charge on any atom is 0.314 e. The van der Waals surface area contributed by atoms with Crippen molar-refractivity contribution < 1.29 is 18.4 Å². The molecule has 0 saturated carbocycles. The number of carbonyl (C=O) groups is 2. The minimum absolute atomic E-state index is 0.0394. The highest BCUT2D eigenvalue weighted by Crippen LogP contribution is 2.23. The molecule has 0 aromatic heterocycles. The van der Waals surface area contributed by atoms with E-state index in [4.69, 9.17) is 0 Å². The molecule has 0 aliphatic carbocycles. The summed E-state index contributed by atoms with van der Waals surface area (Å²) >= 11 is 0. The number of amides is 2. The maximum absolute atomic E-state index is 13.5. The fraction of sp³-hybridized carbons (Fsp3) is 0.222. The monoisotopic (exact) mass is 332 g/mol. The van der Waals surface area contributed by atoms with E-state index < -0.39 is 29.1 Å². The first-order valence-electron chi connectivity index (χ1n) is 7.35. The predicted octanol–water partition coefficient (Wildman–Crippen LogP) is 3.84. The van der Waals surface area contributed by atoms with Crippen molar-refractivity contribution in [3.63, 3.8) is 0 Å². The molecule has 0 fully saturated rings. The Morgan fingerprint density at radius 3 is 1.83 bits per heavy atom. The molecule has 2 aromatic rings. The lowest BCUT2D eigenvalue weighted by Gasteiger charge is -2.19. The van der Waals surface area contributed by atoms with Gasteiger partial charge >= 0.3 is 11.8 Å². The van der Waals surface area contributed by atoms with Crippen LogP contribution >= 0.6 is 0 Å². The SMILES string of the molecule is CC(C)(C)c1ccc(NC(=O)C(=O)Nc2c(F)cccc2F)cc1. The number of hydrogen-bond acceptors (Lipinski definition) is 2. The first kappa shape index (κ1) is 17.6. The van der Waals surface area contributed by atoms with Crippen molar-refractivity contribution in [3.8, 4) is 0 Å². The highest BCUT2D eigenvalue weighted by Gasteiger charge is 2.19. The van der Waals surface area contributed by atoms with Gasteiger partial charge in [-0.2, -0.15) is 0 Å². The highest BCUT2D eigenvalue weighted by atomic mass is 19.1. The van der Waals surface area contributed by atoms with Crippen LogP contribution in [-0.2, 0) is 15.0 Å². The summed E-state index contributed by atoms with van der Waals surface area (Å²) in [6.45, 7) is 6.16. The van der Waals surface area contributed by atoms with Crippen LogP contribution in [0.1, 0.15) is 26.3 Å². The molecule has 0 aliphatic heterocycles. The summed E-state index contributed by atoms with van der Waals surface area (Å²) in [5.74, 6) is -4.07. The third kappa shape index (κ3) is 4.16. The van der Waals surface area contributed by atoms with Gasteiger partial charge in [-0.15, -0.1) is 0 Å². The van der Waals surface area contributed by atoms with Gasteiger partial charge in [-0.3, -0.25) is 9.59 Å². The lowest BCUT2D eigenvalue weighted by atomic mass is 9.87. The molecule has 2 rings (SSSR count). The lowest BCUT2D eigenvalue weighted by molar-refractivity contribution is -0.133. The smallest absolute Gasteiger partial charge is 0.314 e. The number of benzene rings is 2. The Balaban J connectivity index is 2.05. The van der Waals surface area contributed by atoms with Gasteiger partial charge in [-0.1, -0.05) is 39.0 Å². The minimum Gasteiger partial charge on any atom is -0.318 e. The van der Waals surface area contributed by atoms with Gasteiger partial charge in [-0.25, -0.2) is 8.78 Å². The van der Waals surface area contributed by atoms with E-state index in [9.17, 15) is 18.4 Å². The van der Waals surface area contributed by atoms with Crippen LogP contribution < -0.4 is 10.6 Å². The van der Waals surface area contributed by atoms with Crippen molar-refractivity contribution in [2.75, 3.05) is 10.6 Å². The van der Waals surface area contributed by atoms with Gasteiger partial charge < -0.3 is 10.6 Å². The van der Waals surface area contributed by atoms with Crippen LogP contribution in [0.15, 0.2) is 42.5 Å². The molecule has 24 heavy (non-hydrogen) atoms. The molecule has 4 nitrogen and oxygen atoms in total. The molecular formula is C18H18F2N2O2. The van der Waals surface area contributed by atoms with Gasteiger partial charge in [0.15, 0.2) is 0 Å². The number of nitrogens with one attached hydrogen (secondary N) is 2. The van der Waals surface area contributed by atoms with Crippen LogP contribution in [-0.4, -0.2) is 11.8 Å². The van der Waals surface area contributed by atoms with Crippen molar-refractivity contribution in [3.05, 3.63) is 59.7 Å². The summed E-state index contributed by atoms with van der Waals surface area (Å²) in [5, 5.41) is 4.32. The third-order valence-corrected chi connectivity index (χ3v) is 3.42. The molecular weight excluding hydrogens is 314 g/mol. The Morgan fingerprint density at radius 2 is 1.33 bits per heavy atom. The van der Waals surface area contributed by atoms with Crippen molar-refractivity contribution >= 4 is 23.2 Å². The Hall–Kier alpha value is -2.76. The molecule has 2 aromatic carbocycles. The number of halogens is 2. The first-order chi connectivity index (χ1) is 11.2. The fourth-order valence-corrected chi connectivity index (χ4v) is 2.03. The summed E-state index contributed by atoms with van der Waals surface area (Å²) in [5.41, 5.74) is 0.790. The second-order valence-corrected chi connectivity index (χ2v) is 6.33. The van der Waals surface area contributed by atoms with E-state index in [1.807, 2.05) is 17.4 Å². The van der Waals surface area contributed by atoms with E-state index in [1.165, 1.54) is 0 Å².